The third-order valence-electron chi connectivity index (χ3n) is 4.17. The normalized spacial score (nSPS) is 12.3. The van der Waals surface area contributed by atoms with Crippen molar-refractivity contribution >= 4 is 5.91 Å². The van der Waals surface area contributed by atoms with Crippen LogP contribution >= 0.6 is 0 Å². The molecule has 2 N–H and O–H groups in total. The zero-order valence-electron chi connectivity index (χ0n) is 12.8. The summed E-state index contributed by atoms with van der Waals surface area (Å²) >= 11 is 0. The van der Waals surface area contributed by atoms with Gasteiger partial charge in [-0.1, -0.05) is 32.0 Å². The first-order chi connectivity index (χ1) is 10.3. The highest BCUT2D eigenvalue weighted by Gasteiger charge is 2.33. The van der Waals surface area contributed by atoms with Gasteiger partial charge in [-0.05, 0) is 24.5 Å². The van der Waals surface area contributed by atoms with Crippen LogP contribution in [-0.4, -0.2) is 24.2 Å². The zero-order chi connectivity index (χ0) is 16.8. The molecule has 22 heavy (non-hydrogen) atoms. The van der Waals surface area contributed by atoms with Crippen LogP contribution in [0.25, 0.3) is 0 Å². The number of aliphatic hydroxyl groups excluding tert-OH is 1. The minimum absolute atomic E-state index is 0.0462. The van der Waals surface area contributed by atoms with Gasteiger partial charge in [0.25, 0.3) is 0 Å². The van der Waals surface area contributed by atoms with Gasteiger partial charge in [-0.25, -0.2) is 0 Å². The van der Waals surface area contributed by atoms with Gasteiger partial charge in [0.1, 0.15) is 0 Å². The molecule has 124 valence electrons. The van der Waals surface area contributed by atoms with Crippen LogP contribution in [-0.2, 0) is 17.4 Å². The largest absolute Gasteiger partial charge is 0.416 e. The van der Waals surface area contributed by atoms with E-state index in [2.05, 4.69) is 5.32 Å². The number of hydrogen-bond donors (Lipinski definition) is 2. The summed E-state index contributed by atoms with van der Waals surface area (Å²) in [5.74, 6) is -0.476. The number of aliphatic hydroxyl groups is 1. The Labute approximate surface area is 128 Å². The van der Waals surface area contributed by atoms with Crippen molar-refractivity contribution in [2.24, 2.45) is 5.41 Å². The van der Waals surface area contributed by atoms with Crippen molar-refractivity contribution < 1.29 is 23.1 Å². The van der Waals surface area contributed by atoms with E-state index in [0.29, 0.717) is 12.8 Å². The van der Waals surface area contributed by atoms with Crippen molar-refractivity contribution in [3.05, 3.63) is 35.4 Å². The third kappa shape index (κ3) is 4.73. The van der Waals surface area contributed by atoms with E-state index in [1.54, 1.807) is 0 Å². The zero-order valence-corrected chi connectivity index (χ0v) is 12.8. The number of nitrogens with one attached hydrogen (secondary N) is 1. The lowest BCUT2D eigenvalue weighted by atomic mass is 9.83. The molecule has 1 rings (SSSR count). The molecule has 0 aliphatic rings. The Kier molecular flexibility index (Phi) is 6.41. The number of benzene rings is 1. The molecule has 1 amide bonds. The Balaban J connectivity index is 2.75. The number of rotatable bonds is 7. The first kappa shape index (κ1) is 18.5. The molecule has 0 radical (unpaired) electrons. The van der Waals surface area contributed by atoms with Gasteiger partial charge in [0.05, 0.1) is 18.6 Å². The molecule has 0 heterocycles. The summed E-state index contributed by atoms with van der Waals surface area (Å²) in [6, 6.07) is 5.06. The van der Waals surface area contributed by atoms with Gasteiger partial charge in [0.2, 0.25) is 5.91 Å². The SMILES string of the molecule is CCC(CC)(CO)CNC(=O)Cc1ccccc1C(F)(F)F. The quantitative estimate of drug-likeness (QED) is 0.811. The first-order valence-electron chi connectivity index (χ1n) is 7.30. The molecule has 0 saturated heterocycles. The molecule has 0 aliphatic heterocycles. The number of alkyl halides is 3. The van der Waals surface area contributed by atoms with Crippen LogP contribution in [0, 0.1) is 5.41 Å². The van der Waals surface area contributed by atoms with Crippen molar-refractivity contribution in [2.45, 2.75) is 39.3 Å². The third-order valence-corrected chi connectivity index (χ3v) is 4.17. The summed E-state index contributed by atoms with van der Waals surface area (Å²) < 4.78 is 38.6. The lowest BCUT2D eigenvalue weighted by molar-refractivity contribution is -0.138. The van der Waals surface area contributed by atoms with Crippen molar-refractivity contribution in [3.8, 4) is 0 Å². The Morgan fingerprint density at radius 1 is 1.18 bits per heavy atom. The molecule has 0 atom stereocenters. The lowest BCUT2D eigenvalue weighted by Crippen LogP contribution is -2.40. The molecule has 0 unspecified atom stereocenters. The van der Waals surface area contributed by atoms with Crippen LogP contribution < -0.4 is 5.32 Å². The number of carbonyl (C=O) groups excluding carboxylic acids is 1. The average molecular weight is 317 g/mol. The molecular weight excluding hydrogens is 295 g/mol. The summed E-state index contributed by atoms with van der Waals surface area (Å²) in [5.41, 5.74) is -1.25. The molecular formula is C16H22F3NO2. The predicted octanol–water partition coefficient (Wildman–Crippen LogP) is 3.16. The van der Waals surface area contributed by atoms with Gasteiger partial charge in [-0.2, -0.15) is 13.2 Å². The minimum atomic E-state index is -4.47. The maximum absolute atomic E-state index is 12.9. The van der Waals surface area contributed by atoms with Crippen LogP contribution in [0.4, 0.5) is 13.2 Å². The van der Waals surface area contributed by atoms with E-state index in [1.165, 1.54) is 18.2 Å². The summed E-state index contributed by atoms with van der Waals surface area (Å²) in [5, 5.41) is 12.1. The smallest absolute Gasteiger partial charge is 0.396 e. The number of halogens is 3. The second kappa shape index (κ2) is 7.63. The minimum Gasteiger partial charge on any atom is -0.396 e. The second-order valence-corrected chi connectivity index (χ2v) is 5.47. The highest BCUT2D eigenvalue weighted by atomic mass is 19.4. The fraction of sp³-hybridized carbons (Fsp3) is 0.562. The molecule has 3 nitrogen and oxygen atoms in total. The summed E-state index contributed by atoms with van der Waals surface area (Å²) in [7, 11) is 0. The number of carbonyl (C=O) groups is 1. The van der Waals surface area contributed by atoms with Crippen molar-refractivity contribution in [2.75, 3.05) is 13.2 Å². The van der Waals surface area contributed by atoms with Gasteiger partial charge in [-0.15, -0.1) is 0 Å². The molecule has 1 aromatic rings. The fourth-order valence-corrected chi connectivity index (χ4v) is 2.25. The Hall–Kier alpha value is -1.56. The highest BCUT2D eigenvalue weighted by molar-refractivity contribution is 5.79. The maximum atomic E-state index is 12.9. The summed E-state index contributed by atoms with van der Waals surface area (Å²) in [4.78, 5) is 11.9. The predicted molar refractivity (Wildman–Crippen MR) is 78.3 cm³/mol. The average Bonchev–Trinajstić information content (AvgIpc) is 2.49. The molecule has 0 saturated carbocycles. The van der Waals surface area contributed by atoms with E-state index in [4.69, 9.17) is 0 Å². The first-order valence-corrected chi connectivity index (χ1v) is 7.30. The number of hydrogen-bond acceptors (Lipinski definition) is 2. The van der Waals surface area contributed by atoms with Gasteiger partial charge >= 0.3 is 6.18 Å². The Morgan fingerprint density at radius 2 is 1.77 bits per heavy atom. The number of amides is 1. The molecule has 0 fully saturated rings. The van der Waals surface area contributed by atoms with E-state index >= 15 is 0 Å². The highest BCUT2D eigenvalue weighted by Crippen LogP contribution is 2.32. The molecule has 0 bridgehead atoms. The summed E-state index contributed by atoms with van der Waals surface area (Å²) in [6.45, 7) is 4.00. The van der Waals surface area contributed by atoms with E-state index in [1.807, 2.05) is 13.8 Å². The Morgan fingerprint density at radius 3 is 2.27 bits per heavy atom. The standard InChI is InChI=1S/C16H22F3NO2/c1-3-15(4-2,11-21)10-20-14(22)9-12-7-5-6-8-13(12)16(17,18)19/h5-8,21H,3-4,9-11H2,1-2H3,(H,20,22). The second-order valence-electron chi connectivity index (χ2n) is 5.47. The van der Waals surface area contributed by atoms with Crippen LogP contribution in [0.5, 0.6) is 0 Å². The molecule has 6 heteroatoms. The van der Waals surface area contributed by atoms with Gasteiger partial charge < -0.3 is 10.4 Å². The van der Waals surface area contributed by atoms with Gasteiger partial charge in [0, 0.05) is 12.0 Å². The van der Waals surface area contributed by atoms with Crippen LogP contribution in [0.2, 0.25) is 0 Å². The van der Waals surface area contributed by atoms with Crippen molar-refractivity contribution in [3.63, 3.8) is 0 Å². The Bertz CT molecular complexity index is 488. The fourth-order valence-electron chi connectivity index (χ4n) is 2.25. The van der Waals surface area contributed by atoms with E-state index in [-0.39, 0.29) is 25.1 Å². The summed E-state index contributed by atoms with van der Waals surface area (Å²) in [6.07, 6.45) is -3.44. The van der Waals surface area contributed by atoms with Crippen LogP contribution in [0.1, 0.15) is 37.8 Å². The molecule has 0 aromatic heterocycles. The molecule has 0 aliphatic carbocycles. The monoisotopic (exact) mass is 317 g/mol. The van der Waals surface area contributed by atoms with Gasteiger partial charge in [-0.3, -0.25) is 4.79 Å². The maximum Gasteiger partial charge on any atom is 0.416 e. The van der Waals surface area contributed by atoms with Crippen LogP contribution in [0.3, 0.4) is 0 Å². The molecule has 0 spiro atoms. The van der Waals surface area contributed by atoms with Crippen molar-refractivity contribution in [1.82, 2.24) is 5.32 Å². The van der Waals surface area contributed by atoms with E-state index in [0.717, 1.165) is 6.07 Å². The lowest BCUT2D eigenvalue weighted by Gasteiger charge is -2.29. The van der Waals surface area contributed by atoms with Crippen LogP contribution in [0.15, 0.2) is 24.3 Å². The van der Waals surface area contributed by atoms with Gasteiger partial charge in [0.15, 0.2) is 0 Å². The topological polar surface area (TPSA) is 49.3 Å². The molecule has 1 aromatic carbocycles. The van der Waals surface area contributed by atoms with Crippen molar-refractivity contribution in [1.29, 1.82) is 0 Å². The van der Waals surface area contributed by atoms with E-state index in [9.17, 15) is 23.1 Å². The van der Waals surface area contributed by atoms with E-state index < -0.39 is 23.1 Å².